The summed E-state index contributed by atoms with van der Waals surface area (Å²) in [6.07, 6.45) is -2.17. The predicted octanol–water partition coefficient (Wildman–Crippen LogP) is 3.67. The van der Waals surface area contributed by atoms with E-state index >= 15 is 0 Å². The Bertz CT molecular complexity index is 646. The third-order valence-corrected chi connectivity index (χ3v) is 4.94. The maximum atomic E-state index is 13.3. The molecule has 6 nitrogen and oxygen atoms in total. The van der Waals surface area contributed by atoms with Gasteiger partial charge in [-0.05, 0) is 39.0 Å². The highest BCUT2D eigenvalue weighted by Crippen LogP contribution is 2.45. The van der Waals surface area contributed by atoms with E-state index in [4.69, 9.17) is 9.84 Å². The Labute approximate surface area is 143 Å². The molecule has 0 saturated heterocycles. The zero-order valence-electron chi connectivity index (χ0n) is 14.1. The minimum absolute atomic E-state index is 0.253. The monoisotopic (exact) mass is 362 g/mol. The van der Waals surface area contributed by atoms with Crippen LogP contribution >= 0.6 is 0 Å². The van der Waals surface area contributed by atoms with Crippen LogP contribution in [0.2, 0.25) is 0 Å². The summed E-state index contributed by atoms with van der Waals surface area (Å²) in [5.74, 6) is -1.98. The van der Waals surface area contributed by atoms with Crippen LogP contribution in [0.15, 0.2) is 6.20 Å². The van der Waals surface area contributed by atoms with Gasteiger partial charge in [0.05, 0.1) is 24.3 Å². The average Bonchev–Trinajstić information content (AvgIpc) is 3.00. The van der Waals surface area contributed by atoms with Gasteiger partial charge >= 0.3 is 18.1 Å². The summed E-state index contributed by atoms with van der Waals surface area (Å²) in [5, 5.41) is 12.7. The summed E-state index contributed by atoms with van der Waals surface area (Å²) < 4.78 is 45.8. The van der Waals surface area contributed by atoms with Gasteiger partial charge in [-0.3, -0.25) is 9.48 Å². The van der Waals surface area contributed by atoms with Gasteiger partial charge in [0.1, 0.15) is 5.56 Å². The molecule has 1 saturated carbocycles. The SMILES string of the molecule is CCOC(=O)[C@]1(CC)CC[C@H](n2ncc(C(=O)O)c2C(F)(F)F)CC1. The normalized spacial score (nSPS) is 24.1. The van der Waals surface area contributed by atoms with E-state index in [9.17, 15) is 22.8 Å². The van der Waals surface area contributed by atoms with Crippen LogP contribution < -0.4 is 0 Å². The highest BCUT2D eigenvalue weighted by Gasteiger charge is 2.45. The van der Waals surface area contributed by atoms with Gasteiger partial charge in [-0.15, -0.1) is 0 Å². The minimum atomic E-state index is -4.81. The van der Waals surface area contributed by atoms with E-state index in [1.165, 1.54) is 0 Å². The van der Waals surface area contributed by atoms with E-state index in [0.29, 0.717) is 32.1 Å². The molecular formula is C16H21F3N2O4. The molecule has 25 heavy (non-hydrogen) atoms. The molecule has 1 heterocycles. The number of nitrogens with zero attached hydrogens (tertiary/aromatic N) is 2. The van der Waals surface area contributed by atoms with E-state index in [1.54, 1.807) is 6.92 Å². The number of alkyl halides is 3. The van der Waals surface area contributed by atoms with Gasteiger partial charge in [-0.2, -0.15) is 18.3 Å². The molecule has 0 radical (unpaired) electrons. The zero-order chi connectivity index (χ0) is 18.8. The second-order valence-electron chi connectivity index (χ2n) is 6.24. The Kier molecular flexibility index (Phi) is 5.43. The van der Waals surface area contributed by atoms with Crippen molar-refractivity contribution in [3.63, 3.8) is 0 Å². The Morgan fingerprint density at radius 3 is 2.40 bits per heavy atom. The second kappa shape index (κ2) is 7.05. The third kappa shape index (κ3) is 3.64. The Hall–Kier alpha value is -2.06. The molecule has 1 aliphatic rings. The van der Waals surface area contributed by atoms with Gasteiger partial charge < -0.3 is 9.84 Å². The molecule has 1 aliphatic carbocycles. The van der Waals surface area contributed by atoms with E-state index in [0.717, 1.165) is 10.9 Å². The number of carboxylic acid groups (broad SMARTS) is 1. The zero-order valence-corrected chi connectivity index (χ0v) is 14.1. The van der Waals surface area contributed by atoms with Crippen molar-refractivity contribution in [1.82, 2.24) is 9.78 Å². The lowest BCUT2D eigenvalue weighted by atomic mass is 9.70. The maximum Gasteiger partial charge on any atom is 0.433 e. The van der Waals surface area contributed by atoms with Crippen LogP contribution in [0.4, 0.5) is 13.2 Å². The number of ether oxygens (including phenoxy) is 1. The van der Waals surface area contributed by atoms with Gasteiger partial charge in [-0.1, -0.05) is 6.92 Å². The van der Waals surface area contributed by atoms with E-state index in [2.05, 4.69) is 5.10 Å². The van der Waals surface area contributed by atoms with Gasteiger partial charge in [0.25, 0.3) is 0 Å². The Morgan fingerprint density at radius 1 is 1.36 bits per heavy atom. The van der Waals surface area contributed by atoms with Crippen molar-refractivity contribution in [3.05, 3.63) is 17.5 Å². The molecule has 1 aromatic heterocycles. The van der Waals surface area contributed by atoms with Crippen molar-refractivity contribution in [2.75, 3.05) is 6.61 Å². The number of rotatable bonds is 5. The van der Waals surface area contributed by atoms with Crippen molar-refractivity contribution >= 4 is 11.9 Å². The van der Waals surface area contributed by atoms with Crippen molar-refractivity contribution in [2.24, 2.45) is 5.41 Å². The molecule has 140 valence electrons. The topological polar surface area (TPSA) is 81.4 Å². The molecule has 0 atom stereocenters. The molecule has 0 spiro atoms. The predicted molar refractivity (Wildman–Crippen MR) is 81.1 cm³/mol. The van der Waals surface area contributed by atoms with Crippen LogP contribution in [0.25, 0.3) is 0 Å². The van der Waals surface area contributed by atoms with E-state index in [-0.39, 0.29) is 12.6 Å². The number of halogens is 3. The molecule has 0 amide bonds. The highest BCUT2D eigenvalue weighted by molar-refractivity contribution is 5.88. The summed E-state index contributed by atoms with van der Waals surface area (Å²) >= 11 is 0. The van der Waals surface area contributed by atoms with Gasteiger partial charge in [0.15, 0.2) is 5.69 Å². The second-order valence-corrected chi connectivity index (χ2v) is 6.24. The summed E-state index contributed by atoms with van der Waals surface area (Å²) in [7, 11) is 0. The van der Waals surface area contributed by atoms with Crippen molar-refractivity contribution in [1.29, 1.82) is 0 Å². The molecule has 1 N–H and O–H groups in total. The largest absolute Gasteiger partial charge is 0.478 e. The number of hydrogen-bond donors (Lipinski definition) is 1. The van der Waals surface area contributed by atoms with Crippen molar-refractivity contribution in [2.45, 2.75) is 58.2 Å². The number of aromatic carboxylic acids is 1. The molecule has 0 bridgehead atoms. The Morgan fingerprint density at radius 2 is 1.96 bits per heavy atom. The lowest BCUT2D eigenvalue weighted by Gasteiger charge is -2.37. The lowest BCUT2D eigenvalue weighted by molar-refractivity contribution is -0.159. The third-order valence-electron chi connectivity index (χ3n) is 4.94. The summed E-state index contributed by atoms with van der Waals surface area (Å²) in [5.41, 5.74) is -2.79. The number of carbonyl (C=O) groups is 2. The average molecular weight is 362 g/mol. The van der Waals surface area contributed by atoms with Crippen LogP contribution in [-0.2, 0) is 15.7 Å². The van der Waals surface area contributed by atoms with E-state index < -0.39 is 34.9 Å². The van der Waals surface area contributed by atoms with Gasteiger partial charge in [-0.25, -0.2) is 4.79 Å². The van der Waals surface area contributed by atoms with Crippen molar-refractivity contribution in [3.8, 4) is 0 Å². The molecule has 0 aliphatic heterocycles. The van der Waals surface area contributed by atoms with Gasteiger partial charge in [0, 0.05) is 0 Å². The fourth-order valence-electron chi connectivity index (χ4n) is 3.46. The minimum Gasteiger partial charge on any atom is -0.478 e. The number of esters is 1. The molecule has 1 fully saturated rings. The van der Waals surface area contributed by atoms with Crippen molar-refractivity contribution < 1.29 is 32.6 Å². The molecule has 9 heteroatoms. The van der Waals surface area contributed by atoms with Crippen LogP contribution in [0.3, 0.4) is 0 Å². The number of hydrogen-bond acceptors (Lipinski definition) is 4. The first-order chi connectivity index (χ1) is 11.7. The molecule has 0 unspecified atom stereocenters. The fraction of sp³-hybridized carbons (Fsp3) is 0.688. The number of carboxylic acids is 1. The summed E-state index contributed by atoms with van der Waals surface area (Å²) in [4.78, 5) is 23.3. The first-order valence-electron chi connectivity index (χ1n) is 8.21. The first-order valence-corrected chi connectivity index (χ1v) is 8.21. The molecule has 1 aromatic rings. The van der Waals surface area contributed by atoms with Crippen LogP contribution in [-0.4, -0.2) is 33.4 Å². The highest BCUT2D eigenvalue weighted by atomic mass is 19.4. The fourth-order valence-corrected chi connectivity index (χ4v) is 3.46. The Balaban J connectivity index is 2.27. The maximum absolute atomic E-state index is 13.3. The number of aromatic nitrogens is 2. The van der Waals surface area contributed by atoms with Gasteiger partial charge in [0.2, 0.25) is 0 Å². The van der Waals surface area contributed by atoms with Crippen LogP contribution in [0, 0.1) is 5.41 Å². The van der Waals surface area contributed by atoms with E-state index in [1.807, 2.05) is 6.92 Å². The lowest BCUT2D eigenvalue weighted by Crippen LogP contribution is -2.37. The quantitative estimate of drug-likeness (QED) is 0.808. The smallest absolute Gasteiger partial charge is 0.433 e. The standard InChI is InChI=1S/C16H21F3N2O4/c1-3-15(14(24)25-4-2)7-5-10(6-8-15)21-12(16(17,18)19)11(9-20-21)13(22)23/h9-10H,3-8H2,1-2H3,(H,22,23)/t10-,15+. The van der Waals surface area contributed by atoms with Crippen LogP contribution in [0.1, 0.15) is 68.0 Å². The molecular weight excluding hydrogens is 341 g/mol. The van der Waals surface area contributed by atoms with Crippen LogP contribution in [0.5, 0.6) is 0 Å². The summed E-state index contributed by atoms with van der Waals surface area (Å²) in [6, 6.07) is -0.598. The molecule has 0 aromatic carbocycles. The number of carbonyl (C=O) groups excluding carboxylic acids is 1. The first kappa shape index (κ1) is 19.3. The molecule has 2 rings (SSSR count). The summed E-state index contributed by atoms with van der Waals surface area (Å²) in [6.45, 7) is 3.82.